The van der Waals surface area contributed by atoms with E-state index in [1.165, 1.54) is 0 Å². The number of aryl methyl sites for hydroxylation is 1. The van der Waals surface area contributed by atoms with Gasteiger partial charge in [0.2, 0.25) is 5.91 Å². The normalized spacial score (nSPS) is 10.2. The zero-order valence-corrected chi connectivity index (χ0v) is 10.0. The van der Waals surface area contributed by atoms with Gasteiger partial charge in [0.1, 0.15) is 0 Å². The van der Waals surface area contributed by atoms with Crippen LogP contribution in [0.2, 0.25) is 0 Å². The van der Waals surface area contributed by atoms with Gasteiger partial charge < -0.3 is 5.73 Å². The van der Waals surface area contributed by atoms with Crippen LogP contribution in [0.3, 0.4) is 0 Å². The molecule has 0 heterocycles. The average molecular weight is 225 g/mol. The van der Waals surface area contributed by atoms with E-state index in [-0.39, 0.29) is 5.91 Å². The summed E-state index contributed by atoms with van der Waals surface area (Å²) in [5.41, 5.74) is 10.1. The molecule has 1 amide bonds. The van der Waals surface area contributed by atoms with Gasteiger partial charge in [-0.3, -0.25) is 4.79 Å². The number of nitrogens with two attached hydrogens (primary N) is 1. The van der Waals surface area contributed by atoms with E-state index in [4.69, 9.17) is 5.73 Å². The molecular weight excluding hydrogens is 210 g/mol. The highest BCUT2D eigenvalue weighted by Crippen LogP contribution is 2.27. The van der Waals surface area contributed by atoms with Crippen molar-refractivity contribution in [1.82, 2.24) is 0 Å². The molecule has 0 radical (unpaired) electrons. The number of hydrogen-bond donors (Lipinski definition) is 1. The average Bonchev–Trinajstić information content (AvgIpc) is 2.30. The summed E-state index contributed by atoms with van der Waals surface area (Å²) in [4.78, 5) is 11.4. The summed E-state index contributed by atoms with van der Waals surface area (Å²) in [5, 5.41) is 0. The van der Waals surface area contributed by atoms with Crippen molar-refractivity contribution in [2.24, 2.45) is 5.73 Å². The van der Waals surface area contributed by atoms with E-state index >= 15 is 0 Å². The maximum atomic E-state index is 11.4. The molecule has 0 saturated carbocycles. The van der Waals surface area contributed by atoms with Gasteiger partial charge >= 0.3 is 0 Å². The second-order valence-electron chi connectivity index (χ2n) is 4.16. The van der Waals surface area contributed by atoms with Crippen LogP contribution in [-0.2, 0) is 0 Å². The van der Waals surface area contributed by atoms with Crippen LogP contribution in [0.1, 0.15) is 21.5 Å². The van der Waals surface area contributed by atoms with E-state index in [0.29, 0.717) is 5.56 Å². The smallest absolute Gasteiger partial charge is 0.249 e. The molecule has 0 spiro atoms. The Morgan fingerprint density at radius 3 is 2.24 bits per heavy atom. The van der Waals surface area contributed by atoms with Crippen LogP contribution >= 0.6 is 0 Å². The topological polar surface area (TPSA) is 43.1 Å². The molecular formula is C15H15NO. The second-order valence-corrected chi connectivity index (χ2v) is 4.16. The van der Waals surface area contributed by atoms with Gasteiger partial charge in [-0.2, -0.15) is 0 Å². The Hall–Kier alpha value is -2.09. The summed E-state index contributed by atoms with van der Waals surface area (Å²) in [6, 6.07) is 14.0. The molecule has 0 atom stereocenters. The van der Waals surface area contributed by atoms with Gasteiger partial charge in [0.15, 0.2) is 0 Å². The summed E-state index contributed by atoms with van der Waals surface area (Å²) in [7, 11) is 0. The lowest BCUT2D eigenvalue weighted by atomic mass is 9.93. The molecule has 0 unspecified atom stereocenters. The largest absolute Gasteiger partial charge is 0.366 e. The number of hydrogen-bond acceptors (Lipinski definition) is 1. The van der Waals surface area contributed by atoms with Gasteiger partial charge in [0.05, 0.1) is 0 Å². The van der Waals surface area contributed by atoms with E-state index in [9.17, 15) is 4.79 Å². The first-order chi connectivity index (χ1) is 8.11. The molecule has 2 aromatic rings. The minimum atomic E-state index is -0.363. The Labute approximate surface area is 101 Å². The quantitative estimate of drug-likeness (QED) is 0.838. The molecule has 86 valence electrons. The SMILES string of the molecule is Cc1ccc(-c2ccccc2)c(C)c1C(N)=O. The van der Waals surface area contributed by atoms with Crippen molar-refractivity contribution >= 4 is 5.91 Å². The number of primary amides is 1. The van der Waals surface area contributed by atoms with Gasteiger partial charge in [-0.1, -0.05) is 42.5 Å². The number of amides is 1. The Bertz CT molecular complexity index is 559. The lowest BCUT2D eigenvalue weighted by Gasteiger charge is -2.12. The van der Waals surface area contributed by atoms with Crippen LogP contribution in [-0.4, -0.2) is 5.91 Å². The molecule has 2 rings (SSSR count). The van der Waals surface area contributed by atoms with Gasteiger partial charge in [-0.05, 0) is 36.1 Å². The minimum Gasteiger partial charge on any atom is -0.366 e. The van der Waals surface area contributed by atoms with E-state index in [0.717, 1.165) is 22.3 Å². The predicted molar refractivity (Wildman–Crippen MR) is 69.9 cm³/mol. The van der Waals surface area contributed by atoms with Crippen molar-refractivity contribution in [3.05, 3.63) is 59.2 Å². The van der Waals surface area contributed by atoms with Crippen LogP contribution in [0.5, 0.6) is 0 Å². The number of carbonyl (C=O) groups excluding carboxylic acids is 1. The predicted octanol–water partition coefficient (Wildman–Crippen LogP) is 3.07. The van der Waals surface area contributed by atoms with Crippen molar-refractivity contribution in [3.63, 3.8) is 0 Å². The highest BCUT2D eigenvalue weighted by molar-refractivity contribution is 5.97. The monoisotopic (exact) mass is 225 g/mol. The zero-order chi connectivity index (χ0) is 12.4. The van der Waals surface area contributed by atoms with Gasteiger partial charge in [-0.25, -0.2) is 0 Å². The molecule has 0 saturated heterocycles. The van der Waals surface area contributed by atoms with Crippen molar-refractivity contribution in [3.8, 4) is 11.1 Å². The highest BCUT2D eigenvalue weighted by atomic mass is 16.1. The molecule has 0 fully saturated rings. The fourth-order valence-corrected chi connectivity index (χ4v) is 2.16. The van der Waals surface area contributed by atoms with Crippen LogP contribution in [0, 0.1) is 13.8 Å². The van der Waals surface area contributed by atoms with Gasteiger partial charge in [0.25, 0.3) is 0 Å². The van der Waals surface area contributed by atoms with Crippen molar-refractivity contribution in [2.45, 2.75) is 13.8 Å². The van der Waals surface area contributed by atoms with Crippen molar-refractivity contribution < 1.29 is 4.79 Å². The Morgan fingerprint density at radius 1 is 1.00 bits per heavy atom. The maximum Gasteiger partial charge on any atom is 0.249 e. The highest BCUT2D eigenvalue weighted by Gasteiger charge is 2.12. The van der Waals surface area contributed by atoms with E-state index in [1.54, 1.807) is 0 Å². The first kappa shape index (κ1) is 11.4. The Morgan fingerprint density at radius 2 is 1.65 bits per heavy atom. The first-order valence-electron chi connectivity index (χ1n) is 5.56. The Balaban J connectivity index is 2.66. The lowest BCUT2D eigenvalue weighted by Crippen LogP contribution is -2.15. The van der Waals surface area contributed by atoms with Crippen LogP contribution in [0.15, 0.2) is 42.5 Å². The van der Waals surface area contributed by atoms with Crippen molar-refractivity contribution in [1.29, 1.82) is 0 Å². The third-order valence-electron chi connectivity index (χ3n) is 3.00. The zero-order valence-electron chi connectivity index (χ0n) is 10.0. The summed E-state index contributed by atoms with van der Waals surface area (Å²) in [5.74, 6) is -0.363. The standard InChI is InChI=1S/C15H15NO/c1-10-8-9-13(11(2)14(10)15(16)17)12-6-4-3-5-7-12/h3-9H,1-2H3,(H2,16,17). The lowest BCUT2D eigenvalue weighted by molar-refractivity contribution is 0.0999. The summed E-state index contributed by atoms with van der Waals surface area (Å²) in [6.45, 7) is 3.84. The molecule has 2 heteroatoms. The summed E-state index contributed by atoms with van der Waals surface area (Å²) >= 11 is 0. The third-order valence-corrected chi connectivity index (χ3v) is 3.00. The van der Waals surface area contributed by atoms with Crippen LogP contribution < -0.4 is 5.73 Å². The molecule has 2 N–H and O–H groups in total. The minimum absolute atomic E-state index is 0.363. The fourth-order valence-electron chi connectivity index (χ4n) is 2.16. The molecule has 0 aromatic heterocycles. The molecule has 0 bridgehead atoms. The van der Waals surface area contributed by atoms with E-state index in [2.05, 4.69) is 0 Å². The van der Waals surface area contributed by atoms with E-state index < -0.39 is 0 Å². The van der Waals surface area contributed by atoms with Gasteiger partial charge in [-0.15, -0.1) is 0 Å². The third kappa shape index (κ3) is 2.07. The molecule has 2 aromatic carbocycles. The molecule has 17 heavy (non-hydrogen) atoms. The van der Waals surface area contributed by atoms with Gasteiger partial charge in [0, 0.05) is 5.56 Å². The maximum absolute atomic E-state index is 11.4. The molecule has 2 nitrogen and oxygen atoms in total. The Kier molecular flexibility index (Phi) is 2.96. The number of carbonyl (C=O) groups is 1. The van der Waals surface area contributed by atoms with E-state index in [1.807, 2.05) is 56.3 Å². The molecule has 0 aliphatic carbocycles. The van der Waals surface area contributed by atoms with Crippen molar-refractivity contribution in [2.75, 3.05) is 0 Å². The fraction of sp³-hybridized carbons (Fsp3) is 0.133. The molecule has 0 aliphatic rings. The summed E-state index contributed by atoms with van der Waals surface area (Å²) in [6.07, 6.45) is 0. The number of benzene rings is 2. The molecule has 0 aliphatic heterocycles. The number of rotatable bonds is 2. The van der Waals surface area contributed by atoms with Crippen LogP contribution in [0.4, 0.5) is 0 Å². The summed E-state index contributed by atoms with van der Waals surface area (Å²) < 4.78 is 0. The first-order valence-corrected chi connectivity index (χ1v) is 5.56. The van der Waals surface area contributed by atoms with Crippen LogP contribution in [0.25, 0.3) is 11.1 Å². The second kappa shape index (κ2) is 4.42.